The molecule has 0 saturated carbocycles. The van der Waals surface area contributed by atoms with Crippen LogP contribution in [0, 0.1) is 11.7 Å². The molecule has 3 heteroatoms. The summed E-state index contributed by atoms with van der Waals surface area (Å²) >= 11 is 0. The molecule has 2 rings (SSSR count). The van der Waals surface area contributed by atoms with E-state index < -0.39 is 0 Å². The molecule has 1 atom stereocenters. The summed E-state index contributed by atoms with van der Waals surface area (Å²) in [6.07, 6.45) is 1.12. The predicted octanol–water partition coefficient (Wildman–Crippen LogP) is 1.61. The molecule has 1 aliphatic rings. The Bertz CT molecular complexity index is 314. The van der Waals surface area contributed by atoms with Gasteiger partial charge in [-0.25, -0.2) is 4.39 Å². The average molecular weight is 194 g/mol. The summed E-state index contributed by atoms with van der Waals surface area (Å²) in [4.78, 5) is 2.20. The molecule has 0 bridgehead atoms. The first-order valence-corrected chi connectivity index (χ1v) is 5.00. The van der Waals surface area contributed by atoms with Crippen molar-refractivity contribution in [2.45, 2.75) is 6.42 Å². The molecule has 1 saturated heterocycles. The molecule has 1 aromatic carbocycles. The molecule has 14 heavy (non-hydrogen) atoms. The lowest BCUT2D eigenvalue weighted by atomic mass is 10.1. The van der Waals surface area contributed by atoms with Gasteiger partial charge in [0, 0.05) is 18.8 Å². The van der Waals surface area contributed by atoms with Gasteiger partial charge in [-0.15, -0.1) is 0 Å². The Hall–Kier alpha value is -1.09. The lowest BCUT2D eigenvalue weighted by Gasteiger charge is -2.18. The van der Waals surface area contributed by atoms with E-state index in [4.69, 9.17) is 5.73 Å². The Morgan fingerprint density at radius 3 is 3.00 bits per heavy atom. The van der Waals surface area contributed by atoms with E-state index in [0.717, 1.165) is 31.7 Å². The zero-order valence-corrected chi connectivity index (χ0v) is 8.12. The van der Waals surface area contributed by atoms with Gasteiger partial charge in [0.1, 0.15) is 5.82 Å². The summed E-state index contributed by atoms with van der Waals surface area (Å²) in [7, 11) is 0. The fraction of sp³-hybridized carbons (Fsp3) is 0.455. The third kappa shape index (κ3) is 1.87. The fourth-order valence-corrected chi connectivity index (χ4v) is 1.93. The lowest BCUT2D eigenvalue weighted by molar-refractivity contribution is 0.602. The van der Waals surface area contributed by atoms with Crippen molar-refractivity contribution in [3.05, 3.63) is 30.1 Å². The van der Waals surface area contributed by atoms with Gasteiger partial charge in [-0.1, -0.05) is 6.07 Å². The normalized spacial score (nSPS) is 21.6. The summed E-state index contributed by atoms with van der Waals surface area (Å²) in [5.41, 5.74) is 6.58. The number of benzene rings is 1. The zero-order valence-electron chi connectivity index (χ0n) is 8.12. The molecule has 1 fully saturated rings. The lowest BCUT2D eigenvalue weighted by Crippen LogP contribution is -2.22. The Morgan fingerprint density at radius 2 is 2.36 bits per heavy atom. The quantitative estimate of drug-likeness (QED) is 0.775. The second-order valence-corrected chi connectivity index (χ2v) is 3.82. The maximum absolute atomic E-state index is 12.9. The van der Waals surface area contributed by atoms with Crippen molar-refractivity contribution >= 4 is 5.69 Å². The zero-order chi connectivity index (χ0) is 9.97. The van der Waals surface area contributed by atoms with Crippen molar-refractivity contribution in [2.24, 2.45) is 11.7 Å². The maximum Gasteiger partial charge on any atom is 0.125 e. The van der Waals surface area contributed by atoms with E-state index in [2.05, 4.69) is 4.90 Å². The van der Waals surface area contributed by atoms with Crippen molar-refractivity contribution in [3.8, 4) is 0 Å². The minimum absolute atomic E-state index is 0.168. The van der Waals surface area contributed by atoms with E-state index in [1.807, 2.05) is 6.07 Å². The van der Waals surface area contributed by atoms with Crippen LogP contribution in [-0.2, 0) is 0 Å². The first kappa shape index (κ1) is 9.46. The number of hydrogen-bond donors (Lipinski definition) is 1. The summed E-state index contributed by atoms with van der Waals surface area (Å²) < 4.78 is 12.9. The van der Waals surface area contributed by atoms with Crippen LogP contribution in [0.25, 0.3) is 0 Å². The van der Waals surface area contributed by atoms with Gasteiger partial charge in [0.25, 0.3) is 0 Å². The number of rotatable bonds is 2. The van der Waals surface area contributed by atoms with Gasteiger partial charge in [0.15, 0.2) is 0 Å². The minimum atomic E-state index is -0.168. The SMILES string of the molecule is NCC1CCN(c2cccc(F)c2)C1. The van der Waals surface area contributed by atoms with Gasteiger partial charge >= 0.3 is 0 Å². The first-order valence-electron chi connectivity index (χ1n) is 5.00. The van der Waals surface area contributed by atoms with Crippen molar-refractivity contribution < 1.29 is 4.39 Å². The van der Waals surface area contributed by atoms with Gasteiger partial charge in [-0.05, 0) is 37.1 Å². The van der Waals surface area contributed by atoms with Crippen LogP contribution in [0.15, 0.2) is 24.3 Å². The number of nitrogens with two attached hydrogens (primary N) is 1. The van der Waals surface area contributed by atoms with E-state index in [1.54, 1.807) is 12.1 Å². The van der Waals surface area contributed by atoms with Gasteiger partial charge in [-0.3, -0.25) is 0 Å². The average Bonchev–Trinajstić information content (AvgIpc) is 2.66. The Labute approximate surface area is 83.5 Å². The highest BCUT2D eigenvalue weighted by molar-refractivity contribution is 5.47. The van der Waals surface area contributed by atoms with Crippen LogP contribution in [0.5, 0.6) is 0 Å². The molecule has 0 amide bonds. The molecule has 0 aliphatic carbocycles. The standard InChI is InChI=1S/C11H15FN2/c12-10-2-1-3-11(6-10)14-5-4-9(7-13)8-14/h1-3,6,9H,4-5,7-8,13H2. The van der Waals surface area contributed by atoms with Gasteiger partial charge < -0.3 is 10.6 Å². The largest absolute Gasteiger partial charge is 0.371 e. The van der Waals surface area contributed by atoms with Crippen LogP contribution in [0.3, 0.4) is 0 Å². The smallest absolute Gasteiger partial charge is 0.125 e. The Morgan fingerprint density at radius 1 is 1.50 bits per heavy atom. The molecule has 0 aromatic heterocycles. The molecule has 1 heterocycles. The molecular weight excluding hydrogens is 179 g/mol. The van der Waals surface area contributed by atoms with Crippen LogP contribution in [0.2, 0.25) is 0 Å². The highest BCUT2D eigenvalue weighted by atomic mass is 19.1. The summed E-state index contributed by atoms with van der Waals surface area (Å²) in [5, 5.41) is 0. The fourth-order valence-electron chi connectivity index (χ4n) is 1.93. The number of hydrogen-bond acceptors (Lipinski definition) is 2. The number of halogens is 1. The highest BCUT2D eigenvalue weighted by Gasteiger charge is 2.21. The summed E-state index contributed by atoms with van der Waals surface area (Å²) in [6, 6.07) is 6.75. The van der Waals surface area contributed by atoms with Gasteiger partial charge in [0.2, 0.25) is 0 Å². The number of nitrogens with zero attached hydrogens (tertiary/aromatic N) is 1. The molecule has 2 nitrogen and oxygen atoms in total. The Kier molecular flexibility index (Phi) is 2.68. The molecular formula is C11H15FN2. The van der Waals surface area contributed by atoms with E-state index in [0.29, 0.717) is 5.92 Å². The highest BCUT2D eigenvalue weighted by Crippen LogP contribution is 2.23. The topological polar surface area (TPSA) is 29.3 Å². The molecule has 1 aromatic rings. The van der Waals surface area contributed by atoms with Crippen LogP contribution in [-0.4, -0.2) is 19.6 Å². The second kappa shape index (κ2) is 3.96. The molecule has 0 radical (unpaired) electrons. The third-order valence-electron chi connectivity index (χ3n) is 2.79. The maximum atomic E-state index is 12.9. The molecule has 76 valence electrons. The van der Waals surface area contributed by atoms with E-state index in [-0.39, 0.29) is 5.82 Å². The molecule has 2 N–H and O–H groups in total. The van der Waals surface area contributed by atoms with E-state index in [9.17, 15) is 4.39 Å². The van der Waals surface area contributed by atoms with E-state index >= 15 is 0 Å². The minimum Gasteiger partial charge on any atom is -0.371 e. The van der Waals surface area contributed by atoms with Gasteiger partial charge in [-0.2, -0.15) is 0 Å². The molecule has 1 aliphatic heterocycles. The molecule has 1 unspecified atom stereocenters. The number of anilines is 1. The predicted molar refractivity (Wildman–Crippen MR) is 55.8 cm³/mol. The van der Waals surface area contributed by atoms with Crippen LogP contribution < -0.4 is 10.6 Å². The Balaban J connectivity index is 2.09. The van der Waals surface area contributed by atoms with Crippen molar-refractivity contribution in [3.63, 3.8) is 0 Å². The van der Waals surface area contributed by atoms with Crippen LogP contribution in [0.4, 0.5) is 10.1 Å². The monoisotopic (exact) mass is 194 g/mol. The molecule has 0 spiro atoms. The summed E-state index contributed by atoms with van der Waals surface area (Å²) in [6.45, 7) is 2.68. The van der Waals surface area contributed by atoms with Crippen LogP contribution >= 0.6 is 0 Å². The third-order valence-corrected chi connectivity index (χ3v) is 2.79. The van der Waals surface area contributed by atoms with E-state index in [1.165, 1.54) is 6.07 Å². The van der Waals surface area contributed by atoms with Crippen molar-refractivity contribution in [1.29, 1.82) is 0 Å². The summed E-state index contributed by atoms with van der Waals surface area (Å²) in [5.74, 6) is 0.400. The van der Waals surface area contributed by atoms with Gasteiger partial charge in [0.05, 0.1) is 0 Å². The van der Waals surface area contributed by atoms with Crippen molar-refractivity contribution in [1.82, 2.24) is 0 Å². The van der Waals surface area contributed by atoms with Crippen molar-refractivity contribution in [2.75, 3.05) is 24.5 Å². The van der Waals surface area contributed by atoms with Crippen LogP contribution in [0.1, 0.15) is 6.42 Å². The first-order chi connectivity index (χ1) is 6.79. The second-order valence-electron chi connectivity index (χ2n) is 3.82.